The molecule has 0 bridgehead atoms. The normalized spacial score (nSPS) is 10.9. The molecule has 0 saturated heterocycles. The van der Waals surface area contributed by atoms with Crippen molar-refractivity contribution < 1.29 is 13.9 Å². The van der Waals surface area contributed by atoms with Crippen LogP contribution in [0, 0.1) is 5.82 Å². The van der Waals surface area contributed by atoms with Gasteiger partial charge in [-0.25, -0.2) is 9.37 Å². The van der Waals surface area contributed by atoms with Gasteiger partial charge in [-0.1, -0.05) is 0 Å². The van der Waals surface area contributed by atoms with Crippen molar-refractivity contribution in [2.24, 2.45) is 0 Å². The molecule has 0 aliphatic rings. The lowest BCUT2D eigenvalue weighted by molar-refractivity contribution is 0.356. The highest BCUT2D eigenvalue weighted by Gasteiger charge is 2.12. The van der Waals surface area contributed by atoms with E-state index in [4.69, 9.17) is 9.47 Å². The number of aromatic nitrogens is 2. The molecule has 2 aromatic carbocycles. The first kappa shape index (κ1) is 13.9. The van der Waals surface area contributed by atoms with Gasteiger partial charge in [0, 0.05) is 17.7 Å². The van der Waals surface area contributed by atoms with Crippen LogP contribution >= 0.6 is 15.9 Å². The third kappa shape index (κ3) is 2.47. The zero-order valence-corrected chi connectivity index (χ0v) is 13.0. The summed E-state index contributed by atoms with van der Waals surface area (Å²) in [6, 6.07) is 8.37. The van der Waals surface area contributed by atoms with Gasteiger partial charge in [0.25, 0.3) is 0 Å². The van der Waals surface area contributed by atoms with Crippen LogP contribution in [-0.2, 0) is 0 Å². The molecular weight excluding hydrogens is 339 g/mol. The third-order valence-corrected chi connectivity index (χ3v) is 3.79. The third-order valence-electron chi connectivity index (χ3n) is 3.18. The van der Waals surface area contributed by atoms with Crippen LogP contribution in [-0.4, -0.2) is 24.2 Å². The van der Waals surface area contributed by atoms with Gasteiger partial charge in [0.1, 0.15) is 11.6 Å². The Kier molecular flexibility index (Phi) is 3.55. The molecule has 0 aliphatic heterocycles. The van der Waals surface area contributed by atoms with Crippen LogP contribution in [0.2, 0.25) is 0 Å². The number of nitrogens with one attached hydrogen (secondary N) is 1. The van der Waals surface area contributed by atoms with Crippen LogP contribution < -0.4 is 9.47 Å². The molecule has 0 amide bonds. The minimum atomic E-state index is -0.307. The lowest BCUT2D eigenvalue weighted by Gasteiger charge is -2.06. The number of rotatable bonds is 3. The van der Waals surface area contributed by atoms with Gasteiger partial charge in [0.15, 0.2) is 11.5 Å². The second-order valence-electron chi connectivity index (χ2n) is 4.44. The number of fused-ring (bicyclic) bond motifs is 1. The van der Waals surface area contributed by atoms with Crippen LogP contribution in [0.25, 0.3) is 22.4 Å². The molecule has 0 fully saturated rings. The van der Waals surface area contributed by atoms with Crippen LogP contribution in [0.1, 0.15) is 0 Å². The molecule has 0 radical (unpaired) electrons. The smallest absolute Gasteiger partial charge is 0.163 e. The van der Waals surface area contributed by atoms with E-state index in [0.717, 1.165) is 16.6 Å². The van der Waals surface area contributed by atoms with E-state index < -0.39 is 0 Å². The van der Waals surface area contributed by atoms with Gasteiger partial charge < -0.3 is 14.5 Å². The van der Waals surface area contributed by atoms with Crippen molar-refractivity contribution >= 4 is 27.0 Å². The molecule has 6 heteroatoms. The highest BCUT2D eigenvalue weighted by atomic mass is 79.9. The van der Waals surface area contributed by atoms with Crippen molar-refractivity contribution in [3.8, 4) is 22.9 Å². The number of hydrogen-bond donors (Lipinski definition) is 1. The number of aromatic amines is 1. The van der Waals surface area contributed by atoms with Crippen LogP contribution in [0.4, 0.5) is 4.39 Å². The molecular formula is C15H12BrFN2O2. The zero-order chi connectivity index (χ0) is 15.0. The number of benzene rings is 2. The molecule has 4 nitrogen and oxygen atoms in total. The van der Waals surface area contributed by atoms with Crippen molar-refractivity contribution in [2.75, 3.05) is 14.2 Å². The molecule has 0 saturated carbocycles. The van der Waals surface area contributed by atoms with Gasteiger partial charge >= 0.3 is 0 Å². The van der Waals surface area contributed by atoms with Crippen molar-refractivity contribution in [3.63, 3.8) is 0 Å². The Hall–Kier alpha value is -2.08. The number of ether oxygens (including phenoxy) is 2. The molecule has 3 aromatic rings. The van der Waals surface area contributed by atoms with Gasteiger partial charge in [0.05, 0.1) is 29.7 Å². The van der Waals surface area contributed by atoms with E-state index in [9.17, 15) is 4.39 Å². The molecule has 0 spiro atoms. The molecule has 3 rings (SSSR count). The van der Waals surface area contributed by atoms with Gasteiger partial charge in [-0.3, -0.25) is 0 Å². The maximum Gasteiger partial charge on any atom is 0.163 e. The molecule has 0 atom stereocenters. The van der Waals surface area contributed by atoms with E-state index in [1.54, 1.807) is 32.4 Å². The molecule has 0 aliphatic carbocycles. The average molecular weight is 351 g/mol. The highest BCUT2D eigenvalue weighted by Crippen LogP contribution is 2.33. The summed E-state index contributed by atoms with van der Waals surface area (Å²) in [6.45, 7) is 0. The monoisotopic (exact) mass is 350 g/mol. The Balaban J connectivity index is 2.14. The number of halogens is 2. The van der Waals surface area contributed by atoms with E-state index in [1.807, 2.05) is 6.07 Å². The van der Waals surface area contributed by atoms with Crippen molar-refractivity contribution in [1.29, 1.82) is 0 Å². The average Bonchev–Trinajstić information content (AvgIpc) is 2.91. The standard InChI is InChI=1S/C15H12BrFN2O2/c1-20-13-6-11-12(7-14(13)21-2)19-15(18-11)8-3-4-10(17)9(16)5-8/h3-7H,1-2H3,(H,18,19). The first-order chi connectivity index (χ1) is 10.1. The largest absolute Gasteiger partial charge is 0.493 e. The minimum absolute atomic E-state index is 0.307. The van der Waals surface area contributed by atoms with Crippen LogP contribution in [0.5, 0.6) is 11.5 Å². The molecule has 1 heterocycles. The number of hydrogen-bond acceptors (Lipinski definition) is 3. The Morgan fingerprint density at radius 2 is 1.81 bits per heavy atom. The lowest BCUT2D eigenvalue weighted by atomic mass is 10.2. The Bertz CT molecular complexity index is 776. The van der Waals surface area contributed by atoms with Crippen LogP contribution in [0.15, 0.2) is 34.8 Å². The van der Waals surface area contributed by atoms with Crippen molar-refractivity contribution in [2.45, 2.75) is 0 Å². The van der Waals surface area contributed by atoms with E-state index in [1.165, 1.54) is 6.07 Å². The second kappa shape index (κ2) is 5.37. The summed E-state index contributed by atoms with van der Waals surface area (Å²) in [4.78, 5) is 7.70. The molecule has 1 N–H and O–H groups in total. The molecule has 21 heavy (non-hydrogen) atoms. The maximum atomic E-state index is 13.3. The van der Waals surface area contributed by atoms with Crippen LogP contribution in [0.3, 0.4) is 0 Å². The first-order valence-electron chi connectivity index (χ1n) is 6.19. The summed E-state index contributed by atoms with van der Waals surface area (Å²) in [6.07, 6.45) is 0. The van der Waals surface area contributed by atoms with Gasteiger partial charge in [0.2, 0.25) is 0 Å². The van der Waals surface area contributed by atoms with E-state index in [-0.39, 0.29) is 5.82 Å². The number of H-pyrrole nitrogens is 1. The summed E-state index contributed by atoms with van der Waals surface area (Å²) in [5.41, 5.74) is 2.36. The Morgan fingerprint density at radius 3 is 2.48 bits per heavy atom. The Morgan fingerprint density at radius 1 is 1.10 bits per heavy atom. The fourth-order valence-corrected chi connectivity index (χ4v) is 2.50. The predicted molar refractivity (Wildman–Crippen MR) is 82.3 cm³/mol. The highest BCUT2D eigenvalue weighted by molar-refractivity contribution is 9.10. The van der Waals surface area contributed by atoms with Gasteiger partial charge in [-0.15, -0.1) is 0 Å². The van der Waals surface area contributed by atoms with E-state index >= 15 is 0 Å². The second-order valence-corrected chi connectivity index (χ2v) is 5.29. The van der Waals surface area contributed by atoms with Gasteiger partial charge in [-0.2, -0.15) is 0 Å². The minimum Gasteiger partial charge on any atom is -0.493 e. The topological polar surface area (TPSA) is 47.1 Å². The summed E-state index contributed by atoms with van der Waals surface area (Å²) in [5.74, 6) is 1.59. The van der Waals surface area contributed by atoms with Crippen molar-refractivity contribution in [1.82, 2.24) is 9.97 Å². The summed E-state index contributed by atoms with van der Waals surface area (Å²) in [5, 5.41) is 0. The summed E-state index contributed by atoms with van der Waals surface area (Å²) < 4.78 is 24.2. The SMILES string of the molecule is COc1cc2nc(-c3ccc(F)c(Br)c3)[nH]c2cc1OC. The summed E-state index contributed by atoms with van der Waals surface area (Å²) in [7, 11) is 3.16. The number of nitrogens with zero attached hydrogens (tertiary/aromatic N) is 1. The quantitative estimate of drug-likeness (QED) is 0.771. The number of imidazole rings is 1. The molecule has 108 valence electrons. The number of methoxy groups -OCH3 is 2. The summed E-state index contributed by atoms with van der Waals surface area (Å²) >= 11 is 3.18. The fourth-order valence-electron chi connectivity index (χ4n) is 2.12. The van der Waals surface area contributed by atoms with Crippen molar-refractivity contribution in [3.05, 3.63) is 40.6 Å². The van der Waals surface area contributed by atoms with E-state index in [2.05, 4.69) is 25.9 Å². The molecule has 1 aromatic heterocycles. The molecule has 0 unspecified atom stereocenters. The van der Waals surface area contributed by atoms with Gasteiger partial charge in [-0.05, 0) is 34.1 Å². The Labute approximate surface area is 129 Å². The zero-order valence-electron chi connectivity index (χ0n) is 11.4. The maximum absolute atomic E-state index is 13.3. The van der Waals surface area contributed by atoms with E-state index in [0.29, 0.717) is 21.8 Å². The lowest BCUT2D eigenvalue weighted by Crippen LogP contribution is -1.89. The first-order valence-corrected chi connectivity index (χ1v) is 6.99. The fraction of sp³-hybridized carbons (Fsp3) is 0.133. The predicted octanol–water partition coefficient (Wildman–Crippen LogP) is 4.15.